The van der Waals surface area contributed by atoms with Gasteiger partial charge in [-0.2, -0.15) is 5.26 Å². The van der Waals surface area contributed by atoms with Gasteiger partial charge in [-0.15, -0.1) is 0 Å². The van der Waals surface area contributed by atoms with Gasteiger partial charge in [-0.25, -0.2) is 4.79 Å². The zero-order valence-corrected chi connectivity index (χ0v) is 19.1. The van der Waals surface area contributed by atoms with E-state index >= 15 is 0 Å². The molecule has 0 radical (unpaired) electrons. The first kappa shape index (κ1) is 22.2. The van der Waals surface area contributed by atoms with Crippen molar-refractivity contribution in [3.63, 3.8) is 0 Å². The van der Waals surface area contributed by atoms with Crippen LogP contribution in [-0.2, 0) is 6.54 Å². The van der Waals surface area contributed by atoms with Gasteiger partial charge < -0.3 is 9.42 Å². The lowest BCUT2D eigenvalue weighted by Gasteiger charge is -2.34. The fourth-order valence-corrected chi connectivity index (χ4v) is 4.10. The van der Waals surface area contributed by atoms with E-state index in [9.17, 15) is 10.1 Å². The van der Waals surface area contributed by atoms with Crippen molar-refractivity contribution < 1.29 is 9.32 Å². The van der Waals surface area contributed by atoms with Gasteiger partial charge in [0.15, 0.2) is 11.4 Å². The molecule has 0 atom stereocenters. The van der Waals surface area contributed by atoms with Crippen LogP contribution in [0.25, 0.3) is 11.0 Å². The Morgan fingerprint density at radius 1 is 0.943 bits per heavy atom. The summed E-state index contributed by atoms with van der Waals surface area (Å²) in [6.45, 7) is 3.60. The van der Waals surface area contributed by atoms with Crippen LogP contribution < -0.4 is 5.32 Å². The van der Waals surface area contributed by atoms with Gasteiger partial charge in [0, 0.05) is 43.9 Å². The number of fused-ring (bicyclic) bond motifs is 1. The Balaban J connectivity index is 1.17. The van der Waals surface area contributed by atoms with Crippen molar-refractivity contribution >= 4 is 22.8 Å². The molecule has 172 valence electrons. The molecule has 2 amide bonds. The number of anilines is 1. The fraction of sp³-hybridized carbons (Fsp3) is 0.179. The number of benzene rings is 3. The minimum atomic E-state index is -0.168. The first-order valence-corrected chi connectivity index (χ1v) is 11.4. The van der Waals surface area contributed by atoms with Gasteiger partial charge >= 0.3 is 6.03 Å². The molecule has 0 saturated carbocycles. The Morgan fingerprint density at radius 2 is 1.71 bits per heavy atom. The third-order valence-corrected chi connectivity index (χ3v) is 5.98. The van der Waals surface area contributed by atoms with E-state index in [2.05, 4.69) is 45.4 Å². The van der Waals surface area contributed by atoms with E-state index in [1.807, 2.05) is 54.6 Å². The van der Waals surface area contributed by atoms with Crippen molar-refractivity contribution in [1.29, 1.82) is 5.26 Å². The van der Waals surface area contributed by atoms with Crippen LogP contribution in [0.2, 0.25) is 0 Å². The van der Waals surface area contributed by atoms with E-state index in [1.165, 1.54) is 0 Å². The summed E-state index contributed by atoms with van der Waals surface area (Å²) in [6.07, 6.45) is 0. The third kappa shape index (κ3) is 5.16. The maximum Gasteiger partial charge on any atom is 0.323 e. The number of nitrogens with zero attached hydrogens (tertiary/aromatic N) is 4. The highest BCUT2D eigenvalue weighted by Gasteiger charge is 2.22. The summed E-state index contributed by atoms with van der Waals surface area (Å²) in [7, 11) is 0. The quantitative estimate of drug-likeness (QED) is 0.456. The van der Waals surface area contributed by atoms with Crippen molar-refractivity contribution in [2.24, 2.45) is 0 Å². The van der Waals surface area contributed by atoms with Gasteiger partial charge in [0.05, 0.1) is 10.9 Å². The Bertz CT molecular complexity index is 1470. The lowest BCUT2D eigenvalue weighted by molar-refractivity contribution is 0.143. The van der Waals surface area contributed by atoms with Crippen molar-refractivity contribution in [1.82, 2.24) is 15.0 Å². The van der Waals surface area contributed by atoms with E-state index in [0.717, 1.165) is 41.7 Å². The number of hydrogen-bond acceptors (Lipinski definition) is 5. The zero-order valence-electron chi connectivity index (χ0n) is 19.1. The standard InChI is InChI=1S/C28H23N5O2/c29-19-24-9-2-1-8-23(24)13-12-21-6-5-7-22(18-21)20-32-14-16-33(17-15-32)28(34)30-27-25-10-3-4-11-26(25)35-31-27/h1-11,18H,14-17,20H2,(H,30,31,34). The summed E-state index contributed by atoms with van der Waals surface area (Å²) in [5.74, 6) is 6.73. The molecule has 35 heavy (non-hydrogen) atoms. The van der Waals surface area contributed by atoms with Gasteiger partial charge in [0.1, 0.15) is 6.07 Å². The number of carbonyl (C=O) groups excluding carboxylic acids is 1. The molecule has 7 nitrogen and oxygen atoms in total. The summed E-state index contributed by atoms with van der Waals surface area (Å²) in [5.41, 5.74) is 4.03. The number of aromatic nitrogens is 1. The van der Waals surface area contributed by atoms with Crippen LogP contribution in [0.3, 0.4) is 0 Å². The Morgan fingerprint density at radius 3 is 2.54 bits per heavy atom. The minimum absolute atomic E-state index is 0.168. The molecule has 1 N–H and O–H groups in total. The Labute approximate surface area is 203 Å². The molecule has 0 bridgehead atoms. The SMILES string of the molecule is N#Cc1ccccc1C#Cc1cccc(CN2CCN(C(=O)Nc3noc4ccccc34)CC2)c1. The normalized spacial score (nSPS) is 13.6. The Kier molecular flexibility index (Phi) is 6.43. The summed E-state index contributed by atoms with van der Waals surface area (Å²) in [6, 6.07) is 25.0. The highest BCUT2D eigenvalue weighted by atomic mass is 16.5. The molecule has 1 aliphatic rings. The van der Waals surface area contributed by atoms with Crippen LogP contribution in [0.5, 0.6) is 0 Å². The van der Waals surface area contributed by atoms with Gasteiger partial charge in [-0.05, 0) is 42.0 Å². The largest absolute Gasteiger partial charge is 0.354 e. The van der Waals surface area contributed by atoms with Crippen LogP contribution in [-0.4, -0.2) is 47.2 Å². The number of nitrogens with one attached hydrogen (secondary N) is 1. The summed E-state index contributed by atoms with van der Waals surface area (Å²) in [4.78, 5) is 16.9. The summed E-state index contributed by atoms with van der Waals surface area (Å²) in [5, 5.41) is 16.9. The lowest BCUT2D eigenvalue weighted by Crippen LogP contribution is -2.49. The Hall–Kier alpha value is -4.59. The molecule has 1 fully saturated rings. The van der Waals surface area contributed by atoms with Crippen LogP contribution in [0, 0.1) is 23.2 Å². The molecule has 1 aromatic heterocycles. The van der Waals surface area contributed by atoms with E-state index in [0.29, 0.717) is 30.1 Å². The molecule has 7 heteroatoms. The molecule has 0 aliphatic carbocycles. The van der Waals surface area contributed by atoms with Gasteiger partial charge in [0.25, 0.3) is 0 Å². The van der Waals surface area contributed by atoms with Crippen molar-refractivity contribution in [2.45, 2.75) is 6.54 Å². The van der Waals surface area contributed by atoms with E-state index in [-0.39, 0.29) is 6.03 Å². The predicted molar refractivity (Wildman–Crippen MR) is 133 cm³/mol. The molecule has 1 aliphatic heterocycles. The second kappa shape index (κ2) is 10.1. The van der Waals surface area contributed by atoms with Crippen molar-refractivity contribution in [2.75, 3.05) is 31.5 Å². The minimum Gasteiger partial charge on any atom is -0.354 e. The lowest BCUT2D eigenvalue weighted by atomic mass is 10.1. The second-order valence-electron chi connectivity index (χ2n) is 8.33. The number of nitriles is 1. The molecule has 0 spiro atoms. The summed E-state index contributed by atoms with van der Waals surface area (Å²) < 4.78 is 5.27. The van der Waals surface area contributed by atoms with Gasteiger partial charge in [-0.1, -0.05) is 53.4 Å². The molecule has 1 saturated heterocycles. The predicted octanol–water partition coefficient (Wildman–Crippen LogP) is 4.45. The fourth-order valence-electron chi connectivity index (χ4n) is 4.10. The highest BCUT2D eigenvalue weighted by molar-refractivity contribution is 5.98. The number of rotatable bonds is 3. The maximum atomic E-state index is 12.7. The monoisotopic (exact) mass is 461 g/mol. The molecule has 0 unspecified atom stereocenters. The number of piperazine rings is 1. The molecular weight excluding hydrogens is 438 g/mol. The molecule has 5 rings (SSSR count). The first-order valence-electron chi connectivity index (χ1n) is 11.4. The van der Waals surface area contributed by atoms with E-state index in [4.69, 9.17) is 4.52 Å². The van der Waals surface area contributed by atoms with Crippen molar-refractivity contribution in [3.05, 3.63) is 95.1 Å². The van der Waals surface area contributed by atoms with E-state index in [1.54, 1.807) is 11.0 Å². The molecule has 2 heterocycles. The van der Waals surface area contributed by atoms with Crippen molar-refractivity contribution in [3.8, 4) is 17.9 Å². The smallest absolute Gasteiger partial charge is 0.323 e. The number of urea groups is 1. The highest BCUT2D eigenvalue weighted by Crippen LogP contribution is 2.22. The van der Waals surface area contributed by atoms with Crippen LogP contribution in [0.1, 0.15) is 22.3 Å². The van der Waals surface area contributed by atoms with Crippen LogP contribution >= 0.6 is 0 Å². The first-order chi connectivity index (χ1) is 17.2. The molecular formula is C28H23N5O2. The number of amides is 2. The van der Waals surface area contributed by atoms with Gasteiger partial charge in [-0.3, -0.25) is 10.2 Å². The third-order valence-electron chi connectivity index (χ3n) is 5.98. The van der Waals surface area contributed by atoms with Crippen LogP contribution in [0.15, 0.2) is 77.3 Å². The molecule has 3 aromatic carbocycles. The average molecular weight is 462 g/mol. The second-order valence-corrected chi connectivity index (χ2v) is 8.33. The van der Waals surface area contributed by atoms with Gasteiger partial charge in [0.2, 0.25) is 0 Å². The topological polar surface area (TPSA) is 85.4 Å². The van der Waals surface area contributed by atoms with E-state index < -0.39 is 0 Å². The zero-order chi connectivity index (χ0) is 24.0. The number of carbonyl (C=O) groups is 1. The van der Waals surface area contributed by atoms with Crippen LogP contribution in [0.4, 0.5) is 10.6 Å². The molecule has 4 aromatic rings. The number of para-hydroxylation sites is 1. The number of hydrogen-bond donors (Lipinski definition) is 1. The summed E-state index contributed by atoms with van der Waals surface area (Å²) >= 11 is 0. The maximum absolute atomic E-state index is 12.7. The average Bonchev–Trinajstić information content (AvgIpc) is 3.31.